The zero-order chi connectivity index (χ0) is 24.0. The van der Waals surface area contributed by atoms with Gasteiger partial charge in [0.2, 0.25) is 0 Å². The molecule has 178 valence electrons. The van der Waals surface area contributed by atoms with Crippen LogP contribution in [0.3, 0.4) is 0 Å². The number of benzene rings is 2. The molecule has 1 saturated heterocycles. The van der Waals surface area contributed by atoms with E-state index in [4.69, 9.17) is 5.10 Å². The van der Waals surface area contributed by atoms with E-state index in [0.29, 0.717) is 29.9 Å². The summed E-state index contributed by atoms with van der Waals surface area (Å²) in [6.45, 7) is 2.64. The van der Waals surface area contributed by atoms with Gasteiger partial charge in [-0.15, -0.1) is 11.3 Å². The van der Waals surface area contributed by atoms with Crippen LogP contribution in [0, 0.1) is 0 Å². The molecular weight excluding hydrogens is 456 g/mol. The Bertz CT molecular complexity index is 1270. The number of piperidine rings is 1. The second-order valence-electron chi connectivity index (χ2n) is 8.78. The summed E-state index contributed by atoms with van der Waals surface area (Å²) in [5.41, 5.74) is 4.02. The number of likely N-dealkylation sites (tertiary alicyclic amines) is 1. The highest BCUT2D eigenvalue weighted by molar-refractivity contribution is 7.13. The van der Waals surface area contributed by atoms with Crippen molar-refractivity contribution in [3.63, 3.8) is 0 Å². The number of carbonyl (C=O) groups is 2. The number of carbonyl (C=O) groups excluding carboxylic acids is 2. The van der Waals surface area contributed by atoms with Gasteiger partial charge in [-0.25, -0.2) is 0 Å². The molecule has 6 nitrogen and oxygen atoms in total. The average Bonchev–Trinajstić information content (AvgIpc) is 3.59. The summed E-state index contributed by atoms with van der Waals surface area (Å²) in [5.74, 6) is -0.0760. The lowest BCUT2D eigenvalue weighted by Gasteiger charge is -2.26. The average molecular weight is 485 g/mol. The van der Waals surface area contributed by atoms with Crippen LogP contribution in [0.1, 0.15) is 51.1 Å². The first-order valence-corrected chi connectivity index (χ1v) is 12.9. The minimum atomic E-state index is -0.166. The number of thiophene rings is 1. The summed E-state index contributed by atoms with van der Waals surface area (Å²) in [6.07, 6.45) is 5.16. The molecule has 3 heterocycles. The molecule has 35 heavy (non-hydrogen) atoms. The third kappa shape index (κ3) is 5.52. The maximum Gasteiger partial charge on any atom is 0.255 e. The molecule has 1 fully saturated rings. The van der Waals surface area contributed by atoms with Crippen LogP contribution in [-0.2, 0) is 13.1 Å². The molecule has 0 bridgehead atoms. The quantitative estimate of drug-likeness (QED) is 0.391. The predicted octanol–water partition coefficient (Wildman–Crippen LogP) is 5.22. The van der Waals surface area contributed by atoms with E-state index in [-0.39, 0.29) is 11.8 Å². The monoisotopic (exact) mass is 484 g/mol. The number of rotatable bonds is 7. The Morgan fingerprint density at radius 1 is 0.886 bits per heavy atom. The van der Waals surface area contributed by atoms with Gasteiger partial charge < -0.3 is 10.2 Å². The highest BCUT2D eigenvalue weighted by Crippen LogP contribution is 2.27. The van der Waals surface area contributed by atoms with Crippen molar-refractivity contribution in [3.05, 3.63) is 101 Å². The van der Waals surface area contributed by atoms with Gasteiger partial charge >= 0.3 is 0 Å². The van der Waals surface area contributed by atoms with Crippen molar-refractivity contribution in [2.75, 3.05) is 13.1 Å². The molecule has 4 aromatic rings. The van der Waals surface area contributed by atoms with Crippen molar-refractivity contribution in [2.24, 2.45) is 0 Å². The Labute approximate surface area is 209 Å². The summed E-state index contributed by atoms with van der Waals surface area (Å²) in [4.78, 5) is 28.7. The Kier molecular flexibility index (Phi) is 7.04. The molecule has 2 aromatic carbocycles. The fourth-order valence-corrected chi connectivity index (χ4v) is 5.08. The predicted molar refractivity (Wildman–Crippen MR) is 138 cm³/mol. The van der Waals surface area contributed by atoms with Crippen LogP contribution in [0.4, 0.5) is 0 Å². The Hall–Kier alpha value is -3.71. The van der Waals surface area contributed by atoms with Crippen LogP contribution in [-0.4, -0.2) is 39.6 Å². The van der Waals surface area contributed by atoms with E-state index in [0.717, 1.165) is 41.9 Å². The van der Waals surface area contributed by atoms with Gasteiger partial charge in [-0.2, -0.15) is 5.10 Å². The Balaban J connectivity index is 1.27. The third-order valence-corrected chi connectivity index (χ3v) is 7.12. The van der Waals surface area contributed by atoms with Gasteiger partial charge in [-0.05, 0) is 54.0 Å². The lowest BCUT2D eigenvalue weighted by atomic mass is 10.1. The minimum Gasteiger partial charge on any atom is -0.348 e. The number of nitrogens with zero attached hydrogens (tertiary/aromatic N) is 3. The number of amides is 2. The molecule has 7 heteroatoms. The van der Waals surface area contributed by atoms with E-state index in [1.54, 1.807) is 11.3 Å². The van der Waals surface area contributed by atoms with Crippen molar-refractivity contribution < 1.29 is 9.59 Å². The number of nitrogens with one attached hydrogen (secondary N) is 1. The standard InChI is InChI=1S/C28H28N4O2S/c33-27(29-18-21-11-13-23(14-12-21)28(34)31-15-5-2-6-16-31)24-20-32(19-22-8-3-1-4-9-22)30-26(24)25-10-7-17-35-25/h1,3-4,7-14,17,20H,2,5-6,15-16,18-19H2,(H,29,33). The molecule has 0 spiro atoms. The molecule has 1 aliphatic rings. The van der Waals surface area contributed by atoms with E-state index in [1.807, 2.05) is 87.9 Å². The number of hydrogen-bond acceptors (Lipinski definition) is 4. The SMILES string of the molecule is O=C(NCc1ccc(C(=O)N2CCCCC2)cc1)c1cn(Cc2ccccc2)nc1-c1cccs1. The maximum atomic E-state index is 13.2. The summed E-state index contributed by atoms with van der Waals surface area (Å²) < 4.78 is 1.82. The van der Waals surface area contributed by atoms with Gasteiger partial charge in [0.25, 0.3) is 11.8 Å². The van der Waals surface area contributed by atoms with Crippen LogP contribution in [0.2, 0.25) is 0 Å². The first-order valence-electron chi connectivity index (χ1n) is 12.0. The highest BCUT2D eigenvalue weighted by atomic mass is 32.1. The van der Waals surface area contributed by atoms with Crippen molar-refractivity contribution in [1.82, 2.24) is 20.0 Å². The van der Waals surface area contributed by atoms with Gasteiger partial charge in [-0.3, -0.25) is 14.3 Å². The third-order valence-electron chi connectivity index (χ3n) is 6.25. The zero-order valence-electron chi connectivity index (χ0n) is 19.5. The molecule has 5 rings (SSSR count). The largest absolute Gasteiger partial charge is 0.348 e. The van der Waals surface area contributed by atoms with Crippen LogP contribution < -0.4 is 5.32 Å². The van der Waals surface area contributed by atoms with Gasteiger partial charge in [0.05, 0.1) is 17.0 Å². The summed E-state index contributed by atoms with van der Waals surface area (Å²) >= 11 is 1.57. The van der Waals surface area contributed by atoms with Crippen molar-refractivity contribution >= 4 is 23.2 Å². The van der Waals surface area contributed by atoms with Crippen LogP contribution >= 0.6 is 11.3 Å². The maximum absolute atomic E-state index is 13.2. The summed E-state index contributed by atoms with van der Waals surface area (Å²) in [6, 6.07) is 21.6. The second-order valence-corrected chi connectivity index (χ2v) is 9.73. The molecule has 0 radical (unpaired) electrons. The molecular formula is C28H28N4O2S. The van der Waals surface area contributed by atoms with Crippen LogP contribution in [0.25, 0.3) is 10.6 Å². The molecule has 1 aliphatic heterocycles. The minimum absolute atomic E-state index is 0.0895. The van der Waals surface area contributed by atoms with Gasteiger partial charge in [0.15, 0.2) is 0 Å². The fraction of sp³-hybridized carbons (Fsp3) is 0.250. The smallest absolute Gasteiger partial charge is 0.255 e. The van der Waals surface area contributed by atoms with Gasteiger partial charge in [0.1, 0.15) is 5.69 Å². The molecule has 0 atom stereocenters. The van der Waals surface area contributed by atoms with E-state index in [9.17, 15) is 9.59 Å². The fourth-order valence-electron chi connectivity index (χ4n) is 4.36. The molecule has 0 unspecified atom stereocenters. The van der Waals surface area contributed by atoms with E-state index >= 15 is 0 Å². The number of hydrogen-bond donors (Lipinski definition) is 1. The van der Waals surface area contributed by atoms with Crippen molar-refractivity contribution in [2.45, 2.75) is 32.4 Å². The first-order chi connectivity index (χ1) is 17.2. The van der Waals surface area contributed by atoms with E-state index in [1.165, 1.54) is 6.42 Å². The molecule has 2 aromatic heterocycles. The van der Waals surface area contributed by atoms with Gasteiger partial charge in [0, 0.05) is 31.4 Å². The second kappa shape index (κ2) is 10.7. The lowest BCUT2D eigenvalue weighted by Crippen LogP contribution is -2.35. The summed E-state index contributed by atoms with van der Waals surface area (Å²) in [5, 5.41) is 9.73. The van der Waals surface area contributed by atoms with Crippen molar-refractivity contribution in [1.29, 1.82) is 0 Å². The van der Waals surface area contributed by atoms with Crippen LogP contribution in [0.5, 0.6) is 0 Å². The zero-order valence-corrected chi connectivity index (χ0v) is 20.3. The molecule has 0 aliphatic carbocycles. The molecule has 0 saturated carbocycles. The van der Waals surface area contributed by atoms with Gasteiger partial charge in [-0.1, -0.05) is 48.5 Å². The molecule has 2 amide bonds. The van der Waals surface area contributed by atoms with E-state index in [2.05, 4.69) is 5.32 Å². The topological polar surface area (TPSA) is 67.2 Å². The highest BCUT2D eigenvalue weighted by Gasteiger charge is 2.20. The Morgan fingerprint density at radius 3 is 2.37 bits per heavy atom. The normalized spacial score (nSPS) is 13.5. The summed E-state index contributed by atoms with van der Waals surface area (Å²) in [7, 11) is 0. The molecule has 1 N–H and O–H groups in total. The first kappa shape index (κ1) is 23.1. The van der Waals surface area contributed by atoms with E-state index < -0.39 is 0 Å². The number of aromatic nitrogens is 2. The van der Waals surface area contributed by atoms with Crippen molar-refractivity contribution in [3.8, 4) is 10.6 Å². The van der Waals surface area contributed by atoms with Crippen LogP contribution in [0.15, 0.2) is 78.3 Å². The Morgan fingerprint density at radius 2 is 1.66 bits per heavy atom. The lowest BCUT2D eigenvalue weighted by molar-refractivity contribution is 0.0724.